The van der Waals surface area contributed by atoms with E-state index in [0.29, 0.717) is 255 Å². The highest BCUT2D eigenvalue weighted by molar-refractivity contribution is 6.16. The number of aliphatic hydroxyl groups excluding tert-OH is 2. The molecule has 1 fully saturated rings. The van der Waals surface area contributed by atoms with Crippen LogP contribution in [0.4, 0.5) is 11.4 Å². The molecule has 0 radical (unpaired) electrons. The molecule has 0 unspecified atom stereocenters. The van der Waals surface area contributed by atoms with Gasteiger partial charge >= 0.3 is 11.9 Å². The topological polar surface area (TPSA) is 451 Å². The average molecular weight is 1780 g/mol. The Balaban J connectivity index is 1.27. The quantitative estimate of drug-likeness (QED) is 0.0358. The fourth-order valence-corrected chi connectivity index (χ4v) is 11.5. The molecule has 6 atom stereocenters. The third kappa shape index (κ3) is 51.3. The second-order valence-corrected chi connectivity index (χ2v) is 27.9. The molecular weight excluding hydrogens is 1640 g/mol. The van der Waals surface area contributed by atoms with Crippen molar-refractivity contribution in [3.05, 3.63) is 59.2 Å². The minimum absolute atomic E-state index is 0.0254. The Kier molecular flexibility index (Phi) is 63.8. The van der Waals surface area contributed by atoms with Crippen LogP contribution in [-0.2, 0) is 160 Å². The largest absolute Gasteiger partial charge is 0.487 e. The van der Waals surface area contributed by atoms with E-state index < -0.39 is 90.4 Å². The van der Waals surface area contributed by atoms with Gasteiger partial charge in [-0.3, -0.25) is 38.6 Å². The molecule has 2 aliphatic heterocycles. The van der Waals surface area contributed by atoms with Gasteiger partial charge in [0, 0.05) is 51.5 Å². The van der Waals surface area contributed by atoms with Gasteiger partial charge in [-0.1, -0.05) is 19.9 Å². The molecule has 2 aliphatic rings. The Hall–Kier alpha value is -6.73. The SMILES string of the molecule is COCCOCCOCCOCCOCCOCCOCCOCCOCCOCCOCCOc1cc(C)c(N(C(=O)CN2C(=O)C=CC2=O)[C@H](C(=O)N[C@@H](C)C(=O)Nc2ccc(COC(C)=O)c(CC[C@@H]3O[C@H](C(=O)O)C[C@H](O)[C@H]3O)c2)C(C)C)cc1OCCOCCOCCOCCOCCOCCOCCOCCOCCOCCOCCOC. The van der Waals surface area contributed by atoms with Crippen LogP contribution in [0.5, 0.6) is 11.5 Å². The lowest BCUT2D eigenvalue weighted by molar-refractivity contribution is -0.190. The Morgan fingerprint density at radius 2 is 0.806 bits per heavy atom. The second-order valence-electron chi connectivity index (χ2n) is 27.9. The first-order valence-electron chi connectivity index (χ1n) is 42.3. The maximum absolute atomic E-state index is 15.0. The predicted octanol–water partition coefficient (Wildman–Crippen LogP) is 1.76. The van der Waals surface area contributed by atoms with Crippen molar-refractivity contribution in [1.82, 2.24) is 10.2 Å². The molecule has 5 amide bonds. The summed E-state index contributed by atoms with van der Waals surface area (Å²) in [5, 5.41) is 36.4. The number of carbonyl (C=O) groups excluding carboxylic acids is 6. The number of anilines is 2. The third-order valence-corrected chi connectivity index (χ3v) is 17.9. The number of benzene rings is 2. The van der Waals surface area contributed by atoms with Crippen LogP contribution in [0.25, 0.3) is 0 Å². The number of rotatable bonds is 83. The van der Waals surface area contributed by atoms with Gasteiger partial charge in [0.2, 0.25) is 17.7 Å². The van der Waals surface area contributed by atoms with E-state index in [1.807, 2.05) is 0 Å². The number of aryl methyl sites for hydroxylation is 2. The van der Waals surface area contributed by atoms with Crippen molar-refractivity contribution in [3.8, 4) is 11.5 Å². The number of aliphatic carboxylic acids is 1. The standard InChI is InChI=1S/C84H138N4O36/c1-64(2)80(83(96)85-66(4)82(95)86-70-10-8-69(63-123-67(5)89)68(59-70)9-11-73-81(94)72(90)61-76(124-73)84(97)98)88(79(93)62-87-77(91)12-13-78(87)92)71-60-75(122-57-55-120-53-51-118-49-47-116-45-43-114-41-39-112-37-35-110-33-31-108-29-27-106-25-23-104-21-19-102-17-15-100-7)74(58-65(71)3)121-56-54-119-52-50-117-48-46-115-44-42-113-40-38-111-36-34-109-32-30-107-28-26-105-24-22-103-20-18-101-16-14-99-6/h8,10,12-13,58-60,64,66,72-73,76,80-81,90,94H,9,11,14-57,61-63H2,1-7H3,(H,85,96)(H,86,95)(H,97,98)/t66-,72-,73-,76-,80-,81+/m0/s1. The number of hydrogen-bond acceptors (Lipinski definition) is 35. The van der Waals surface area contributed by atoms with E-state index in [9.17, 15) is 48.9 Å². The summed E-state index contributed by atoms with van der Waals surface area (Å²) in [5.41, 5.74) is 1.81. The minimum Gasteiger partial charge on any atom is -0.487 e. The number of methoxy groups -OCH3 is 2. The highest BCUT2D eigenvalue weighted by atomic mass is 16.6. The molecule has 0 saturated carbocycles. The molecule has 1 saturated heterocycles. The molecule has 2 aromatic carbocycles. The van der Waals surface area contributed by atoms with Crippen molar-refractivity contribution in [2.24, 2.45) is 5.92 Å². The molecule has 0 spiro atoms. The van der Waals surface area contributed by atoms with Crippen molar-refractivity contribution in [2.45, 2.75) is 97.0 Å². The minimum atomic E-state index is -1.41. The van der Waals surface area contributed by atoms with Gasteiger partial charge in [-0.2, -0.15) is 0 Å². The van der Waals surface area contributed by atoms with Crippen molar-refractivity contribution >= 4 is 52.8 Å². The molecule has 0 bridgehead atoms. The summed E-state index contributed by atoms with van der Waals surface area (Å²) in [6.45, 7) is 23.6. The van der Waals surface area contributed by atoms with E-state index in [2.05, 4.69) is 10.6 Å². The first-order chi connectivity index (χ1) is 60.4. The molecule has 2 heterocycles. The van der Waals surface area contributed by atoms with E-state index in [4.69, 9.17) is 123 Å². The van der Waals surface area contributed by atoms with E-state index in [1.165, 1.54) is 24.8 Å². The van der Waals surface area contributed by atoms with Crippen LogP contribution < -0.4 is 25.0 Å². The third-order valence-electron chi connectivity index (χ3n) is 17.9. The van der Waals surface area contributed by atoms with Gasteiger partial charge in [0.15, 0.2) is 17.6 Å². The molecule has 40 nitrogen and oxygen atoms in total. The number of nitrogens with one attached hydrogen (secondary N) is 2. The number of carboxylic acid groups (broad SMARTS) is 1. The number of esters is 1. The molecule has 40 heteroatoms. The summed E-state index contributed by atoms with van der Waals surface area (Å²) in [6.07, 6.45) is -3.32. The zero-order chi connectivity index (χ0) is 89.7. The predicted molar refractivity (Wildman–Crippen MR) is 444 cm³/mol. The number of ether oxygens (including phenoxy) is 26. The normalized spacial score (nSPS) is 15.7. The Morgan fingerprint density at radius 1 is 0.468 bits per heavy atom. The first-order valence-corrected chi connectivity index (χ1v) is 42.3. The van der Waals surface area contributed by atoms with Gasteiger partial charge in [-0.15, -0.1) is 0 Å². The number of amides is 5. The average Bonchev–Trinajstić information content (AvgIpc) is 1.12. The molecule has 4 rings (SSSR count). The molecule has 124 heavy (non-hydrogen) atoms. The molecule has 0 aliphatic carbocycles. The zero-order valence-corrected chi connectivity index (χ0v) is 73.4. The zero-order valence-electron chi connectivity index (χ0n) is 73.4. The second kappa shape index (κ2) is 72.2. The van der Waals surface area contributed by atoms with Gasteiger partial charge in [-0.05, 0) is 67.5 Å². The fourth-order valence-electron chi connectivity index (χ4n) is 11.5. The number of hydrogen-bond donors (Lipinski definition) is 5. The van der Waals surface area contributed by atoms with Gasteiger partial charge in [0.1, 0.15) is 44.6 Å². The summed E-state index contributed by atoms with van der Waals surface area (Å²) in [7, 11) is 3.25. The van der Waals surface area contributed by atoms with E-state index >= 15 is 0 Å². The van der Waals surface area contributed by atoms with Crippen LogP contribution in [0.15, 0.2) is 42.5 Å². The van der Waals surface area contributed by atoms with Gasteiger partial charge in [0.05, 0.1) is 295 Å². The number of imide groups is 1. The van der Waals surface area contributed by atoms with E-state index in [-0.39, 0.29) is 102 Å². The van der Waals surface area contributed by atoms with E-state index in [0.717, 1.165) is 17.1 Å². The number of carboxylic acids is 1. The van der Waals surface area contributed by atoms with E-state index in [1.54, 1.807) is 59.3 Å². The summed E-state index contributed by atoms with van der Waals surface area (Å²) in [5.74, 6) is -6.05. The van der Waals surface area contributed by atoms with Gasteiger partial charge < -0.3 is 149 Å². The van der Waals surface area contributed by atoms with Crippen LogP contribution in [0.2, 0.25) is 0 Å². The maximum Gasteiger partial charge on any atom is 0.332 e. The number of carbonyl (C=O) groups is 7. The smallest absolute Gasteiger partial charge is 0.332 e. The lowest BCUT2D eigenvalue weighted by atomic mass is 9.92. The van der Waals surface area contributed by atoms with Crippen molar-refractivity contribution in [3.63, 3.8) is 0 Å². The summed E-state index contributed by atoms with van der Waals surface area (Å²) in [4.78, 5) is 95.7. The van der Waals surface area contributed by atoms with Gasteiger partial charge in [-0.25, -0.2) is 4.79 Å². The molecule has 710 valence electrons. The van der Waals surface area contributed by atoms with Crippen molar-refractivity contribution < 1.29 is 172 Å². The van der Waals surface area contributed by atoms with Crippen LogP contribution >= 0.6 is 0 Å². The van der Waals surface area contributed by atoms with Crippen molar-refractivity contribution in [1.29, 1.82) is 0 Å². The van der Waals surface area contributed by atoms with Crippen molar-refractivity contribution in [2.75, 3.05) is 322 Å². The summed E-state index contributed by atoms with van der Waals surface area (Å²) < 4.78 is 145. The Morgan fingerprint density at radius 3 is 1.14 bits per heavy atom. The molecule has 0 aromatic heterocycles. The Labute approximate surface area is 727 Å². The first kappa shape index (κ1) is 110. The lowest BCUT2D eigenvalue weighted by Gasteiger charge is -2.36. The van der Waals surface area contributed by atoms with Crippen LogP contribution in [0, 0.1) is 12.8 Å². The summed E-state index contributed by atoms with van der Waals surface area (Å²) >= 11 is 0. The fraction of sp³-hybridized carbons (Fsp3) is 0.750. The highest BCUT2D eigenvalue weighted by Crippen LogP contribution is 2.38. The highest BCUT2D eigenvalue weighted by Gasteiger charge is 2.41. The van der Waals surface area contributed by atoms with Gasteiger partial charge in [0.25, 0.3) is 11.8 Å². The number of aliphatic hydroxyl groups is 2. The summed E-state index contributed by atoms with van der Waals surface area (Å²) in [6, 6.07) is 5.16. The van der Waals surface area contributed by atoms with Crippen LogP contribution in [-0.4, -0.2) is 410 Å². The Bertz CT molecular complexity index is 3160. The van der Waals surface area contributed by atoms with Crippen LogP contribution in [0.1, 0.15) is 57.2 Å². The van der Waals surface area contributed by atoms with Crippen LogP contribution in [0.3, 0.4) is 0 Å². The maximum atomic E-state index is 15.0. The lowest BCUT2D eigenvalue weighted by Crippen LogP contribution is -2.57. The monoisotopic (exact) mass is 1780 g/mol. The number of nitrogens with zero attached hydrogens (tertiary/aromatic N) is 2. The molecule has 2 aromatic rings. The molecule has 5 N–H and O–H groups in total. The molecular formula is C84H138N4O36.